The van der Waals surface area contributed by atoms with Crippen LogP contribution in [0.1, 0.15) is 12.8 Å². The van der Waals surface area contributed by atoms with Crippen molar-refractivity contribution in [2.24, 2.45) is 0 Å². The fraction of sp³-hybridized carbons (Fsp3) is 0.900. The van der Waals surface area contributed by atoms with Crippen molar-refractivity contribution in [1.29, 1.82) is 0 Å². The molecule has 0 aromatic rings. The molecule has 0 aromatic heterocycles. The van der Waals surface area contributed by atoms with Crippen LogP contribution in [-0.2, 0) is 37.9 Å². The van der Waals surface area contributed by atoms with Crippen LogP contribution in [0.3, 0.4) is 0 Å². The fourth-order valence-corrected chi connectivity index (χ4v) is 4.34. The molecule has 11 nitrogen and oxygen atoms in total. The van der Waals surface area contributed by atoms with E-state index in [-0.39, 0.29) is 22.3 Å². The predicted octanol–water partition coefficient (Wildman–Crippen LogP) is 1.72. The highest BCUT2D eigenvalue weighted by Gasteiger charge is 2.48. The third-order valence-electron chi connectivity index (χ3n) is 5.63. The summed E-state index contributed by atoms with van der Waals surface area (Å²) in [7, 11) is 12.5. The summed E-state index contributed by atoms with van der Waals surface area (Å²) in [6.07, 6.45) is -1.23. The SMILES string of the molecule is COC(CC[N+](CC(OC)OC)(N[N+](CCC(OC)OC)(CC(OC)OC)C(=S)S)C(=S)S)OC. The van der Waals surface area contributed by atoms with E-state index in [1.807, 2.05) is 0 Å². The second kappa shape index (κ2) is 18.7. The van der Waals surface area contributed by atoms with E-state index in [0.29, 0.717) is 34.6 Å². The second-order valence-electron chi connectivity index (χ2n) is 7.59. The molecule has 208 valence electrons. The highest BCUT2D eigenvalue weighted by Crippen LogP contribution is 2.23. The highest BCUT2D eigenvalue weighted by molar-refractivity contribution is 8.10. The van der Waals surface area contributed by atoms with Gasteiger partial charge in [0, 0.05) is 62.4 Å². The van der Waals surface area contributed by atoms with Crippen molar-refractivity contribution in [3.05, 3.63) is 0 Å². The van der Waals surface area contributed by atoms with Crippen molar-refractivity contribution in [1.82, 2.24) is 5.53 Å². The zero-order chi connectivity index (χ0) is 27.1. The molecule has 0 aliphatic rings. The van der Waals surface area contributed by atoms with Gasteiger partial charge >= 0.3 is 0 Å². The quantitative estimate of drug-likeness (QED) is 0.0646. The fourth-order valence-electron chi connectivity index (χ4n) is 3.48. The van der Waals surface area contributed by atoms with E-state index >= 15 is 0 Å². The molecule has 2 unspecified atom stereocenters. The van der Waals surface area contributed by atoms with Gasteiger partial charge in [-0.3, -0.25) is 0 Å². The van der Waals surface area contributed by atoms with E-state index in [2.05, 4.69) is 30.8 Å². The first-order valence-corrected chi connectivity index (χ1v) is 12.5. The minimum absolute atomic E-state index is 0.0561. The maximum atomic E-state index is 5.67. The van der Waals surface area contributed by atoms with E-state index in [0.717, 1.165) is 0 Å². The summed E-state index contributed by atoms with van der Waals surface area (Å²) in [5.74, 6) is 0. The summed E-state index contributed by atoms with van der Waals surface area (Å²) < 4.78 is 44.2. The van der Waals surface area contributed by atoms with Crippen molar-refractivity contribution in [3.8, 4) is 0 Å². The number of hydrogen-bond acceptors (Lipinski definition) is 11. The molecular formula is C20H43N3O8S4+2. The molecule has 2 atom stereocenters. The average Bonchev–Trinajstić information content (AvgIpc) is 2.85. The number of methoxy groups -OCH3 is 8. The first kappa shape index (κ1) is 35.4. The van der Waals surface area contributed by atoms with E-state index in [1.54, 1.807) is 56.9 Å². The minimum atomic E-state index is -0.613. The van der Waals surface area contributed by atoms with E-state index in [9.17, 15) is 0 Å². The molecule has 0 aliphatic heterocycles. The van der Waals surface area contributed by atoms with Crippen LogP contribution in [0.5, 0.6) is 0 Å². The number of thiol groups is 2. The number of rotatable bonds is 20. The van der Waals surface area contributed by atoms with Crippen molar-refractivity contribution >= 4 is 58.3 Å². The highest BCUT2D eigenvalue weighted by atomic mass is 32.1. The Kier molecular flexibility index (Phi) is 18.9. The van der Waals surface area contributed by atoms with Gasteiger partial charge in [0.2, 0.25) is 12.6 Å². The molecule has 0 radical (unpaired) electrons. The van der Waals surface area contributed by atoms with Crippen LogP contribution in [0.25, 0.3) is 0 Å². The molecule has 0 saturated heterocycles. The van der Waals surface area contributed by atoms with Gasteiger partial charge in [0.25, 0.3) is 8.64 Å². The molecule has 0 heterocycles. The number of quaternary nitrogens is 2. The topological polar surface area (TPSA) is 85.9 Å². The summed E-state index contributed by atoms with van der Waals surface area (Å²) in [6, 6.07) is 0. The van der Waals surface area contributed by atoms with Gasteiger partial charge in [-0.15, -0.1) is 9.18 Å². The molecule has 1 N–H and O–H groups in total. The monoisotopic (exact) mass is 581 g/mol. The number of hydrogen-bond donors (Lipinski definition) is 3. The molecule has 0 aliphatic carbocycles. The molecule has 0 bridgehead atoms. The lowest BCUT2D eigenvalue weighted by atomic mass is 10.3. The van der Waals surface area contributed by atoms with Crippen LogP contribution >= 0.6 is 49.7 Å². The Morgan fingerprint density at radius 2 is 0.829 bits per heavy atom. The molecule has 0 fully saturated rings. The van der Waals surface area contributed by atoms with Gasteiger partial charge in [0.1, 0.15) is 13.1 Å². The van der Waals surface area contributed by atoms with Crippen LogP contribution < -0.4 is 5.53 Å². The van der Waals surface area contributed by atoms with Crippen molar-refractivity contribution in [3.63, 3.8) is 0 Å². The van der Waals surface area contributed by atoms with Gasteiger partial charge in [-0.05, 0) is 24.4 Å². The molecule has 0 spiro atoms. The largest absolute Gasteiger partial charge is 0.356 e. The van der Waals surface area contributed by atoms with Gasteiger partial charge in [-0.2, -0.15) is 0 Å². The first-order valence-electron chi connectivity index (χ1n) is 10.8. The Morgan fingerprint density at radius 1 is 0.571 bits per heavy atom. The zero-order valence-corrected chi connectivity index (χ0v) is 25.3. The lowest BCUT2D eigenvalue weighted by Crippen LogP contribution is -2.77. The van der Waals surface area contributed by atoms with Gasteiger partial charge in [0.15, 0.2) is 25.7 Å². The molecule has 35 heavy (non-hydrogen) atoms. The maximum absolute atomic E-state index is 5.67. The Morgan fingerprint density at radius 3 is 1.03 bits per heavy atom. The molecule has 0 saturated carbocycles. The smallest absolute Gasteiger partial charge is 0.254 e. The summed E-state index contributed by atoms with van der Waals surface area (Å²) >= 11 is 20.6. The van der Waals surface area contributed by atoms with E-state index in [4.69, 9.17) is 62.3 Å². The second-order valence-corrected chi connectivity index (χ2v) is 9.82. The molecule has 0 rings (SSSR count). The predicted molar refractivity (Wildman–Crippen MR) is 147 cm³/mol. The molecule has 0 aromatic carbocycles. The van der Waals surface area contributed by atoms with Gasteiger partial charge in [0.05, 0.1) is 12.8 Å². The number of nitrogens with zero attached hydrogens (tertiary/aromatic N) is 2. The summed E-state index contributed by atoms with van der Waals surface area (Å²) in [4.78, 5) is 0. The molecular weight excluding hydrogens is 539 g/mol. The molecule has 15 heteroatoms. The third-order valence-corrected chi connectivity index (χ3v) is 7.10. The number of ether oxygens (including phenoxy) is 8. The number of nitrogens with one attached hydrogen (secondary N) is 1. The Balaban J connectivity index is 6.61. The van der Waals surface area contributed by atoms with Crippen LogP contribution in [-0.4, -0.2) is 126 Å². The van der Waals surface area contributed by atoms with Gasteiger partial charge in [-0.25, -0.2) is 0 Å². The Labute approximate surface area is 231 Å². The lowest BCUT2D eigenvalue weighted by molar-refractivity contribution is -1.09. The van der Waals surface area contributed by atoms with Crippen LogP contribution in [0.2, 0.25) is 0 Å². The van der Waals surface area contributed by atoms with Crippen molar-refractivity contribution < 1.29 is 47.1 Å². The van der Waals surface area contributed by atoms with Crippen LogP contribution in [0.4, 0.5) is 0 Å². The Bertz CT molecular complexity index is 561. The Hall–Kier alpha value is 0.440. The first-order chi connectivity index (χ1) is 16.6. The van der Waals surface area contributed by atoms with E-state index < -0.39 is 25.2 Å². The standard InChI is InChI=1S/C20H41N3O8S4/c1-24-15(25-2)9-11-22(19(32)33,13-17(28-5)29-6)21-23(20(34)35,14-18(30-7)31-8)12-10-16(26-3)27-4/h15-18,21H,9-14H2,1-8H3/p+2. The number of thiocarbonyl (C=S) groups is 2. The van der Waals surface area contributed by atoms with Crippen molar-refractivity contribution in [2.75, 3.05) is 83.1 Å². The summed E-state index contributed by atoms with van der Waals surface area (Å²) in [5.41, 5.74) is 3.58. The zero-order valence-electron chi connectivity index (χ0n) is 21.9. The van der Waals surface area contributed by atoms with E-state index in [1.165, 1.54) is 0 Å². The minimum Gasteiger partial charge on any atom is -0.356 e. The lowest BCUT2D eigenvalue weighted by Gasteiger charge is -2.45. The summed E-state index contributed by atoms with van der Waals surface area (Å²) in [6.45, 7) is 1.32. The van der Waals surface area contributed by atoms with Gasteiger partial charge < -0.3 is 37.9 Å². The van der Waals surface area contributed by atoms with Crippen LogP contribution in [0, 0.1) is 0 Å². The van der Waals surface area contributed by atoms with Crippen molar-refractivity contribution in [2.45, 2.75) is 38.0 Å². The van der Waals surface area contributed by atoms with Crippen LogP contribution in [0.15, 0.2) is 0 Å². The average molecular weight is 582 g/mol. The third kappa shape index (κ3) is 11.4. The van der Waals surface area contributed by atoms with Gasteiger partial charge in [-0.1, -0.05) is 25.3 Å². The maximum Gasteiger partial charge on any atom is 0.254 e. The normalized spacial score (nSPS) is 15.7. The molecule has 0 amide bonds. The summed E-state index contributed by atoms with van der Waals surface area (Å²) in [5, 5.41) is 0.